The maximum Gasteiger partial charge on any atom is 0.347 e. The van der Waals surface area contributed by atoms with Gasteiger partial charge in [-0.2, -0.15) is 0 Å². The Morgan fingerprint density at radius 3 is 3.18 bits per heavy atom. The number of aryl methyl sites for hydroxylation is 1. The number of rotatable bonds is 4. The van der Waals surface area contributed by atoms with Crippen LogP contribution in [0.5, 0.6) is 5.75 Å². The fraction of sp³-hybridized carbons (Fsp3) is 0.333. The zero-order valence-corrected chi connectivity index (χ0v) is 12.0. The van der Waals surface area contributed by atoms with Crippen molar-refractivity contribution in [2.45, 2.75) is 19.4 Å². The van der Waals surface area contributed by atoms with Gasteiger partial charge in [-0.15, -0.1) is 0 Å². The number of nitrogens with one attached hydrogen (secondary N) is 1. The highest BCUT2D eigenvalue weighted by molar-refractivity contribution is 5.92. The Hall–Kier alpha value is -2.70. The second-order valence-corrected chi connectivity index (χ2v) is 4.98. The molecule has 3 heterocycles. The lowest BCUT2D eigenvalue weighted by Crippen LogP contribution is -2.31. The molecule has 0 saturated heterocycles. The third kappa shape index (κ3) is 3.13. The Morgan fingerprint density at radius 1 is 1.41 bits per heavy atom. The summed E-state index contributed by atoms with van der Waals surface area (Å²) in [5.41, 5.74) is 1.04. The van der Waals surface area contributed by atoms with Crippen molar-refractivity contribution in [1.82, 2.24) is 19.9 Å². The van der Waals surface area contributed by atoms with Gasteiger partial charge in [-0.05, 0) is 30.5 Å². The van der Waals surface area contributed by atoms with Gasteiger partial charge in [0.05, 0.1) is 12.8 Å². The molecule has 7 nitrogen and oxygen atoms in total. The molecule has 1 aliphatic rings. The first kappa shape index (κ1) is 14.2. The van der Waals surface area contributed by atoms with Gasteiger partial charge in [0.25, 0.3) is 5.91 Å². The summed E-state index contributed by atoms with van der Waals surface area (Å²) >= 11 is 0. The molecule has 0 saturated carbocycles. The van der Waals surface area contributed by atoms with E-state index in [1.165, 1.54) is 10.8 Å². The molecule has 7 heteroatoms. The molecule has 3 rings (SSSR count). The van der Waals surface area contributed by atoms with Crippen LogP contribution in [-0.2, 0) is 13.0 Å². The summed E-state index contributed by atoms with van der Waals surface area (Å²) in [7, 11) is 0. The molecule has 114 valence electrons. The monoisotopic (exact) mass is 300 g/mol. The highest BCUT2D eigenvalue weighted by Crippen LogP contribution is 2.23. The second-order valence-electron chi connectivity index (χ2n) is 4.98. The van der Waals surface area contributed by atoms with Crippen LogP contribution in [0, 0.1) is 0 Å². The number of hydrogen-bond acceptors (Lipinski definition) is 5. The van der Waals surface area contributed by atoms with Crippen molar-refractivity contribution in [3.05, 3.63) is 52.5 Å². The van der Waals surface area contributed by atoms with Crippen LogP contribution in [0.15, 0.2) is 35.5 Å². The molecule has 1 amide bonds. The van der Waals surface area contributed by atoms with Gasteiger partial charge in [-0.3, -0.25) is 9.36 Å². The molecule has 2 aromatic rings. The average Bonchev–Trinajstić information content (AvgIpc) is 2.56. The molecule has 0 bridgehead atoms. The van der Waals surface area contributed by atoms with Gasteiger partial charge >= 0.3 is 5.69 Å². The second kappa shape index (κ2) is 6.38. The highest BCUT2D eigenvalue weighted by atomic mass is 16.5. The summed E-state index contributed by atoms with van der Waals surface area (Å²) < 4.78 is 6.91. The lowest BCUT2D eigenvalue weighted by atomic mass is 10.1. The zero-order valence-electron chi connectivity index (χ0n) is 12.0. The van der Waals surface area contributed by atoms with Crippen molar-refractivity contribution in [2.24, 2.45) is 0 Å². The molecule has 1 N–H and O–H groups in total. The van der Waals surface area contributed by atoms with Crippen molar-refractivity contribution in [1.29, 1.82) is 0 Å². The third-order valence-corrected chi connectivity index (χ3v) is 3.45. The molecule has 0 fully saturated rings. The maximum atomic E-state index is 12.1. The first-order valence-electron chi connectivity index (χ1n) is 7.15. The number of pyridine rings is 1. The quantitative estimate of drug-likeness (QED) is 0.883. The van der Waals surface area contributed by atoms with E-state index in [-0.39, 0.29) is 11.6 Å². The number of carbonyl (C=O) groups is 1. The van der Waals surface area contributed by atoms with Crippen molar-refractivity contribution < 1.29 is 9.53 Å². The Balaban J connectivity index is 1.60. The molecule has 0 atom stereocenters. The van der Waals surface area contributed by atoms with Gasteiger partial charge in [0, 0.05) is 25.5 Å². The zero-order chi connectivity index (χ0) is 15.4. The Morgan fingerprint density at radius 2 is 2.32 bits per heavy atom. The van der Waals surface area contributed by atoms with E-state index in [1.807, 2.05) is 0 Å². The molecule has 0 aromatic carbocycles. The van der Waals surface area contributed by atoms with E-state index in [2.05, 4.69) is 15.3 Å². The van der Waals surface area contributed by atoms with Crippen molar-refractivity contribution in [2.75, 3.05) is 13.2 Å². The van der Waals surface area contributed by atoms with Crippen LogP contribution in [0.25, 0.3) is 0 Å². The summed E-state index contributed by atoms with van der Waals surface area (Å²) in [6.07, 6.45) is 6.51. The summed E-state index contributed by atoms with van der Waals surface area (Å²) in [4.78, 5) is 31.3. The third-order valence-electron chi connectivity index (χ3n) is 3.45. The predicted octanol–water partition coefficient (Wildman–Crippen LogP) is 0.393. The van der Waals surface area contributed by atoms with Crippen LogP contribution in [0.4, 0.5) is 0 Å². The SMILES string of the molecule is O=C(NCCn1cccnc1=O)c1cc2c(cn1)OCCC2. The topological polar surface area (TPSA) is 86.1 Å². The van der Waals surface area contributed by atoms with Crippen LogP contribution in [0.1, 0.15) is 22.5 Å². The van der Waals surface area contributed by atoms with Crippen LogP contribution < -0.4 is 15.7 Å². The number of fused-ring (bicyclic) bond motifs is 1. The summed E-state index contributed by atoms with van der Waals surface area (Å²) in [6, 6.07) is 3.44. The van der Waals surface area contributed by atoms with Gasteiger partial charge in [0.1, 0.15) is 11.4 Å². The van der Waals surface area contributed by atoms with Crippen LogP contribution in [-0.4, -0.2) is 33.6 Å². The number of hydrogen-bond donors (Lipinski definition) is 1. The van der Waals surface area contributed by atoms with Crippen LogP contribution >= 0.6 is 0 Å². The number of carbonyl (C=O) groups excluding carboxylic acids is 1. The molecule has 0 unspecified atom stereocenters. The molecular weight excluding hydrogens is 284 g/mol. The van der Waals surface area contributed by atoms with Crippen LogP contribution in [0.2, 0.25) is 0 Å². The van der Waals surface area contributed by atoms with Crippen molar-refractivity contribution in [3.63, 3.8) is 0 Å². The molecule has 22 heavy (non-hydrogen) atoms. The lowest BCUT2D eigenvalue weighted by Gasteiger charge is -2.17. The fourth-order valence-electron chi connectivity index (χ4n) is 2.32. The van der Waals surface area contributed by atoms with E-state index in [0.717, 1.165) is 24.2 Å². The van der Waals surface area contributed by atoms with Crippen molar-refractivity contribution in [3.8, 4) is 5.75 Å². The molecule has 0 spiro atoms. The van der Waals surface area contributed by atoms with Gasteiger partial charge < -0.3 is 10.1 Å². The smallest absolute Gasteiger partial charge is 0.347 e. The highest BCUT2D eigenvalue weighted by Gasteiger charge is 2.14. The minimum absolute atomic E-state index is 0.259. The minimum Gasteiger partial charge on any atom is -0.492 e. The van der Waals surface area contributed by atoms with E-state index >= 15 is 0 Å². The van der Waals surface area contributed by atoms with Gasteiger partial charge in [-0.1, -0.05) is 0 Å². The predicted molar refractivity (Wildman–Crippen MR) is 78.9 cm³/mol. The van der Waals surface area contributed by atoms with Gasteiger partial charge in [0.15, 0.2) is 0 Å². The number of amides is 1. The summed E-state index contributed by atoms with van der Waals surface area (Å²) in [5.74, 6) is 0.495. The standard InChI is InChI=1S/C15H16N4O3/c20-14(16-5-7-19-6-2-4-17-15(19)21)12-9-11-3-1-8-22-13(11)10-18-12/h2,4,6,9-10H,1,3,5,7-8H2,(H,16,20). The minimum atomic E-state index is -0.333. The van der Waals surface area contributed by atoms with Gasteiger partial charge in [-0.25, -0.2) is 14.8 Å². The normalized spacial score (nSPS) is 13.1. The largest absolute Gasteiger partial charge is 0.492 e. The first-order valence-corrected chi connectivity index (χ1v) is 7.15. The summed E-state index contributed by atoms with van der Waals surface area (Å²) in [6.45, 7) is 1.40. The Kier molecular flexibility index (Phi) is 4.13. The molecular formula is C15H16N4O3. The van der Waals surface area contributed by atoms with E-state index < -0.39 is 0 Å². The Labute approximate surface area is 127 Å². The molecule has 2 aromatic heterocycles. The van der Waals surface area contributed by atoms with Crippen molar-refractivity contribution >= 4 is 5.91 Å². The van der Waals surface area contributed by atoms with Crippen LogP contribution in [0.3, 0.4) is 0 Å². The summed E-state index contributed by atoms with van der Waals surface area (Å²) in [5, 5.41) is 2.75. The van der Waals surface area contributed by atoms with E-state index in [4.69, 9.17) is 4.74 Å². The van der Waals surface area contributed by atoms with E-state index in [9.17, 15) is 9.59 Å². The number of ether oxygens (including phenoxy) is 1. The van der Waals surface area contributed by atoms with Gasteiger partial charge in [0.2, 0.25) is 0 Å². The lowest BCUT2D eigenvalue weighted by molar-refractivity contribution is 0.0947. The molecule has 0 radical (unpaired) electrons. The molecule has 1 aliphatic heterocycles. The van der Waals surface area contributed by atoms with E-state index in [0.29, 0.717) is 25.4 Å². The number of nitrogens with zero attached hydrogens (tertiary/aromatic N) is 3. The maximum absolute atomic E-state index is 12.1. The average molecular weight is 300 g/mol. The van der Waals surface area contributed by atoms with E-state index in [1.54, 1.807) is 24.5 Å². The first-order chi connectivity index (χ1) is 10.7. The number of aromatic nitrogens is 3. The Bertz CT molecular complexity index is 742. The fourth-order valence-corrected chi connectivity index (χ4v) is 2.32. The molecule has 0 aliphatic carbocycles.